The van der Waals surface area contributed by atoms with Crippen LogP contribution in [0, 0.1) is 0 Å². The Morgan fingerprint density at radius 2 is 1.88 bits per heavy atom. The van der Waals surface area contributed by atoms with E-state index in [0.717, 1.165) is 18.5 Å². The third-order valence-electron chi connectivity index (χ3n) is 3.18. The normalized spacial score (nSPS) is 18.9. The summed E-state index contributed by atoms with van der Waals surface area (Å²) < 4.78 is 23.2. The first-order valence-corrected chi connectivity index (χ1v) is 7.37. The molecule has 16 heavy (non-hydrogen) atoms. The second-order valence-electron chi connectivity index (χ2n) is 4.81. The van der Waals surface area contributed by atoms with E-state index in [-0.39, 0.29) is 5.54 Å². The Hall–Kier alpha value is -1.03. The quantitative estimate of drug-likeness (QED) is 0.881. The molecule has 2 rings (SSSR count). The fraction of sp³-hybridized carbons (Fsp3) is 0.500. The number of benzene rings is 1. The summed E-state index contributed by atoms with van der Waals surface area (Å²) in [5, 5.41) is 3.35. The van der Waals surface area contributed by atoms with Crippen molar-refractivity contribution < 1.29 is 8.42 Å². The van der Waals surface area contributed by atoms with Crippen molar-refractivity contribution in [1.82, 2.24) is 0 Å². The van der Waals surface area contributed by atoms with Crippen LogP contribution in [0.2, 0.25) is 0 Å². The molecule has 0 saturated heterocycles. The van der Waals surface area contributed by atoms with Crippen molar-refractivity contribution in [1.29, 1.82) is 0 Å². The number of anilines is 1. The molecule has 0 aromatic heterocycles. The van der Waals surface area contributed by atoms with Gasteiger partial charge in [0.2, 0.25) is 0 Å². The minimum absolute atomic E-state index is 0.0702. The van der Waals surface area contributed by atoms with E-state index in [9.17, 15) is 8.42 Å². The Labute approximate surface area is 96.8 Å². The maximum Gasteiger partial charge on any atom is 0.177 e. The third-order valence-corrected chi connectivity index (χ3v) is 4.34. The average Bonchev–Trinajstić information content (AvgIpc) is 2.14. The lowest BCUT2D eigenvalue weighted by molar-refractivity contribution is 0.306. The summed E-state index contributed by atoms with van der Waals surface area (Å²) in [6.07, 6.45) is 4.66. The monoisotopic (exact) mass is 239 g/mol. The molecule has 0 spiro atoms. The molecular weight excluding hydrogens is 222 g/mol. The SMILES string of the molecule is CC1(Nc2ccccc2S(C)(=O)=O)CCC1. The van der Waals surface area contributed by atoms with Crippen molar-refractivity contribution in [3.05, 3.63) is 24.3 Å². The van der Waals surface area contributed by atoms with Crippen LogP contribution in [-0.2, 0) is 9.84 Å². The molecule has 0 atom stereocenters. The van der Waals surface area contributed by atoms with Crippen molar-refractivity contribution in [3.63, 3.8) is 0 Å². The topological polar surface area (TPSA) is 46.2 Å². The maximum absolute atomic E-state index is 11.6. The molecule has 1 aliphatic carbocycles. The molecule has 0 bridgehead atoms. The molecule has 0 unspecified atom stereocenters. The van der Waals surface area contributed by atoms with Gasteiger partial charge in [-0.1, -0.05) is 12.1 Å². The molecule has 0 aliphatic heterocycles. The van der Waals surface area contributed by atoms with Gasteiger partial charge in [0.1, 0.15) is 0 Å². The molecule has 1 aliphatic rings. The molecular formula is C12H17NO2S. The molecule has 1 aromatic carbocycles. The molecule has 0 heterocycles. The van der Waals surface area contributed by atoms with Gasteiger partial charge in [-0.15, -0.1) is 0 Å². The van der Waals surface area contributed by atoms with Crippen LogP contribution in [0.15, 0.2) is 29.2 Å². The summed E-state index contributed by atoms with van der Waals surface area (Å²) in [5.74, 6) is 0. The minimum Gasteiger partial charge on any atom is -0.379 e. The van der Waals surface area contributed by atoms with Crippen LogP contribution in [0.4, 0.5) is 5.69 Å². The predicted molar refractivity (Wildman–Crippen MR) is 65.4 cm³/mol. The molecule has 1 fully saturated rings. The first-order valence-electron chi connectivity index (χ1n) is 5.48. The van der Waals surface area contributed by atoms with Gasteiger partial charge in [-0.25, -0.2) is 8.42 Å². The zero-order chi connectivity index (χ0) is 11.8. The highest BCUT2D eigenvalue weighted by Gasteiger charge is 2.32. The van der Waals surface area contributed by atoms with Gasteiger partial charge >= 0.3 is 0 Å². The lowest BCUT2D eigenvalue weighted by atomic mass is 9.78. The van der Waals surface area contributed by atoms with Crippen molar-refractivity contribution in [3.8, 4) is 0 Å². The molecule has 0 radical (unpaired) electrons. The number of hydrogen-bond acceptors (Lipinski definition) is 3. The molecule has 4 heteroatoms. The second-order valence-corrected chi connectivity index (χ2v) is 6.79. The highest BCUT2D eigenvalue weighted by atomic mass is 32.2. The van der Waals surface area contributed by atoms with E-state index >= 15 is 0 Å². The highest BCUT2D eigenvalue weighted by Crippen LogP contribution is 2.36. The summed E-state index contributed by atoms with van der Waals surface area (Å²) in [4.78, 5) is 0.392. The zero-order valence-electron chi connectivity index (χ0n) is 9.66. The van der Waals surface area contributed by atoms with Gasteiger partial charge in [-0.3, -0.25) is 0 Å². The lowest BCUT2D eigenvalue weighted by Crippen LogP contribution is -2.41. The Morgan fingerprint density at radius 1 is 1.25 bits per heavy atom. The Morgan fingerprint density at radius 3 is 2.38 bits per heavy atom. The highest BCUT2D eigenvalue weighted by molar-refractivity contribution is 7.90. The standard InChI is InChI=1S/C12H17NO2S/c1-12(8-5-9-12)13-10-6-3-4-7-11(10)16(2,14)15/h3-4,6-7,13H,5,8-9H2,1-2H3. The summed E-state index contributed by atoms with van der Waals surface area (Å²) in [5.41, 5.74) is 0.799. The Bertz CT molecular complexity index is 489. The fourth-order valence-electron chi connectivity index (χ4n) is 2.05. The van der Waals surface area contributed by atoms with Gasteiger partial charge in [0.05, 0.1) is 10.6 Å². The van der Waals surface area contributed by atoms with E-state index in [4.69, 9.17) is 0 Å². The molecule has 1 N–H and O–H groups in total. The van der Waals surface area contributed by atoms with Gasteiger partial charge in [0.25, 0.3) is 0 Å². The smallest absolute Gasteiger partial charge is 0.177 e. The van der Waals surface area contributed by atoms with E-state index in [1.165, 1.54) is 12.7 Å². The van der Waals surface area contributed by atoms with Crippen molar-refractivity contribution >= 4 is 15.5 Å². The van der Waals surface area contributed by atoms with Crippen molar-refractivity contribution in [2.24, 2.45) is 0 Å². The van der Waals surface area contributed by atoms with Crippen LogP contribution in [-0.4, -0.2) is 20.2 Å². The van der Waals surface area contributed by atoms with E-state index in [0.29, 0.717) is 4.90 Å². The van der Waals surface area contributed by atoms with E-state index in [1.807, 2.05) is 12.1 Å². The third kappa shape index (κ3) is 2.21. The van der Waals surface area contributed by atoms with Crippen LogP contribution in [0.3, 0.4) is 0 Å². The first-order chi connectivity index (χ1) is 7.41. The molecule has 3 nitrogen and oxygen atoms in total. The first kappa shape index (κ1) is 11.5. The van der Waals surface area contributed by atoms with Crippen LogP contribution >= 0.6 is 0 Å². The zero-order valence-corrected chi connectivity index (χ0v) is 10.5. The number of rotatable bonds is 3. The van der Waals surface area contributed by atoms with E-state index in [1.54, 1.807) is 12.1 Å². The van der Waals surface area contributed by atoms with Crippen LogP contribution in [0.5, 0.6) is 0 Å². The summed E-state index contributed by atoms with van der Waals surface area (Å²) >= 11 is 0. The molecule has 0 amide bonds. The van der Waals surface area contributed by atoms with Crippen LogP contribution in [0.1, 0.15) is 26.2 Å². The summed E-state index contributed by atoms with van der Waals surface area (Å²) in [6, 6.07) is 7.10. The molecule has 1 saturated carbocycles. The average molecular weight is 239 g/mol. The summed E-state index contributed by atoms with van der Waals surface area (Å²) in [7, 11) is -3.15. The number of nitrogens with one attached hydrogen (secondary N) is 1. The number of sulfone groups is 1. The van der Waals surface area contributed by atoms with E-state index < -0.39 is 9.84 Å². The molecule has 1 aromatic rings. The molecule has 88 valence electrons. The van der Waals surface area contributed by atoms with Crippen LogP contribution in [0.25, 0.3) is 0 Å². The number of para-hydroxylation sites is 1. The summed E-state index contributed by atoms with van der Waals surface area (Å²) in [6.45, 7) is 2.13. The number of hydrogen-bond donors (Lipinski definition) is 1. The van der Waals surface area contributed by atoms with E-state index in [2.05, 4.69) is 12.2 Å². The van der Waals surface area contributed by atoms with Crippen molar-refractivity contribution in [2.45, 2.75) is 36.6 Å². The second kappa shape index (κ2) is 3.77. The fourth-order valence-corrected chi connectivity index (χ4v) is 2.89. The van der Waals surface area contributed by atoms with Crippen molar-refractivity contribution in [2.75, 3.05) is 11.6 Å². The van der Waals surface area contributed by atoms with Gasteiger partial charge in [-0.05, 0) is 38.3 Å². The Kier molecular flexibility index (Phi) is 2.70. The van der Waals surface area contributed by atoms with Gasteiger partial charge in [-0.2, -0.15) is 0 Å². The Balaban J connectivity index is 2.34. The maximum atomic E-state index is 11.6. The largest absolute Gasteiger partial charge is 0.379 e. The van der Waals surface area contributed by atoms with Gasteiger partial charge in [0, 0.05) is 11.8 Å². The van der Waals surface area contributed by atoms with Crippen LogP contribution < -0.4 is 5.32 Å². The van der Waals surface area contributed by atoms with Gasteiger partial charge in [0.15, 0.2) is 9.84 Å². The lowest BCUT2D eigenvalue weighted by Gasteiger charge is -2.40. The predicted octanol–water partition coefficient (Wildman–Crippen LogP) is 2.44. The van der Waals surface area contributed by atoms with Gasteiger partial charge < -0.3 is 5.32 Å². The minimum atomic E-state index is -3.15.